The topological polar surface area (TPSA) is 104 Å². The van der Waals surface area contributed by atoms with Crippen LogP contribution in [0.1, 0.15) is 51.5 Å². The van der Waals surface area contributed by atoms with E-state index in [2.05, 4.69) is 20.8 Å². The van der Waals surface area contributed by atoms with Gasteiger partial charge in [-0.2, -0.15) is 23.4 Å². The van der Waals surface area contributed by atoms with Crippen LogP contribution in [0, 0.1) is 13.8 Å². The smallest absolute Gasteiger partial charge is 0.410 e. The molecule has 0 saturated carbocycles. The van der Waals surface area contributed by atoms with Gasteiger partial charge in [0, 0.05) is 12.5 Å². The van der Waals surface area contributed by atoms with Crippen LogP contribution in [0.5, 0.6) is 23.0 Å². The summed E-state index contributed by atoms with van der Waals surface area (Å²) in [6.07, 6.45) is -4.94. The Morgan fingerprint density at radius 3 is 2.40 bits per heavy atom. The molecule has 1 amide bonds. The lowest BCUT2D eigenvalue weighted by atomic mass is 9.96. The second-order valence-electron chi connectivity index (χ2n) is 11.2. The molecular formula is C34H33F3N6O4. The molecule has 47 heavy (non-hydrogen) atoms. The second kappa shape index (κ2) is 12.7. The molecule has 1 aliphatic rings. The first kappa shape index (κ1) is 31.5. The number of benzene rings is 3. The van der Waals surface area contributed by atoms with Crippen LogP contribution < -0.4 is 24.8 Å². The molecule has 0 unspecified atom stereocenters. The molecule has 0 aliphatic carbocycles. The number of methoxy groups -OCH3 is 2. The summed E-state index contributed by atoms with van der Waals surface area (Å²) in [4.78, 5) is 13.4. The lowest BCUT2D eigenvalue weighted by Gasteiger charge is -2.33. The lowest BCUT2D eigenvalue weighted by Crippen LogP contribution is -2.35. The van der Waals surface area contributed by atoms with E-state index >= 15 is 0 Å². The number of nitrogens with zero attached hydrogens (tertiary/aromatic N) is 4. The Kier molecular flexibility index (Phi) is 8.54. The van der Waals surface area contributed by atoms with Crippen molar-refractivity contribution in [3.63, 3.8) is 0 Å². The van der Waals surface area contributed by atoms with Gasteiger partial charge in [0.15, 0.2) is 23.2 Å². The number of rotatable bonds is 9. The monoisotopic (exact) mass is 646 g/mol. The number of hydrogen-bond donors (Lipinski definition) is 2. The third kappa shape index (κ3) is 6.60. The number of halogens is 3. The Hall–Kier alpha value is -5.46. The van der Waals surface area contributed by atoms with Crippen LogP contribution in [0.25, 0.3) is 0 Å². The summed E-state index contributed by atoms with van der Waals surface area (Å²) >= 11 is 0. The number of aryl methyl sites for hydroxylation is 1. The summed E-state index contributed by atoms with van der Waals surface area (Å²) in [5, 5.41) is 14.6. The molecule has 0 fully saturated rings. The molecule has 13 heteroatoms. The van der Waals surface area contributed by atoms with Gasteiger partial charge in [-0.25, -0.2) is 4.68 Å². The van der Waals surface area contributed by atoms with E-state index < -0.39 is 24.2 Å². The number of nitrogens with one attached hydrogen (secondary N) is 2. The molecule has 2 N–H and O–H groups in total. The fourth-order valence-corrected chi connectivity index (χ4v) is 5.69. The van der Waals surface area contributed by atoms with Crippen molar-refractivity contribution in [2.24, 2.45) is 0 Å². The summed E-state index contributed by atoms with van der Waals surface area (Å²) in [7, 11) is 2.94. The molecular weight excluding hydrogens is 613 g/mol. The van der Waals surface area contributed by atoms with E-state index in [1.807, 2.05) is 61.5 Å². The van der Waals surface area contributed by atoms with E-state index in [9.17, 15) is 18.0 Å². The molecule has 2 atom stereocenters. The number of para-hydroxylation sites is 1. The predicted molar refractivity (Wildman–Crippen MR) is 170 cm³/mol. The predicted octanol–water partition coefficient (Wildman–Crippen LogP) is 7.47. The number of carbonyl (C=O) groups excluding carboxylic acids is 1. The highest BCUT2D eigenvalue weighted by Gasteiger charge is 2.47. The van der Waals surface area contributed by atoms with Crippen molar-refractivity contribution < 1.29 is 32.2 Å². The molecule has 2 aromatic heterocycles. The first-order chi connectivity index (χ1) is 22.5. The molecule has 0 saturated heterocycles. The van der Waals surface area contributed by atoms with Crippen molar-refractivity contribution in [3.8, 4) is 23.0 Å². The second-order valence-corrected chi connectivity index (χ2v) is 11.2. The minimum atomic E-state index is -4.61. The van der Waals surface area contributed by atoms with Gasteiger partial charge in [0.25, 0.3) is 5.91 Å². The number of amides is 1. The zero-order valence-electron chi connectivity index (χ0n) is 26.1. The number of hydrogen-bond acceptors (Lipinski definition) is 7. The van der Waals surface area contributed by atoms with Gasteiger partial charge in [-0.1, -0.05) is 36.4 Å². The summed E-state index contributed by atoms with van der Waals surface area (Å²) in [6.45, 7) is 3.97. The maximum atomic E-state index is 14.3. The molecule has 1 aliphatic heterocycles. The van der Waals surface area contributed by atoms with Crippen molar-refractivity contribution in [1.82, 2.24) is 19.6 Å². The molecule has 3 heterocycles. The molecule has 6 rings (SSSR count). The molecule has 0 spiro atoms. The van der Waals surface area contributed by atoms with Crippen molar-refractivity contribution in [1.29, 1.82) is 0 Å². The van der Waals surface area contributed by atoms with Gasteiger partial charge in [-0.3, -0.25) is 9.48 Å². The van der Waals surface area contributed by atoms with E-state index in [1.54, 1.807) is 29.8 Å². The van der Waals surface area contributed by atoms with Crippen LogP contribution in [-0.2, 0) is 6.54 Å². The summed E-state index contributed by atoms with van der Waals surface area (Å²) in [5.74, 6) is 1.67. The van der Waals surface area contributed by atoms with Gasteiger partial charge in [-0.05, 0) is 61.4 Å². The van der Waals surface area contributed by atoms with Gasteiger partial charge in [-0.15, -0.1) is 0 Å². The zero-order chi connectivity index (χ0) is 33.3. The van der Waals surface area contributed by atoms with Crippen LogP contribution in [-0.4, -0.2) is 45.9 Å². The fraction of sp³-hybridized carbons (Fsp3) is 0.265. The Morgan fingerprint density at radius 2 is 1.68 bits per heavy atom. The van der Waals surface area contributed by atoms with Crippen molar-refractivity contribution in [2.45, 2.75) is 45.1 Å². The minimum absolute atomic E-state index is 0.0743. The van der Waals surface area contributed by atoms with E-state index in [-0.39, 0.29) is 17.9 Å². The molecule has 0 radical (unpaired) electrons. The molecule has 10 nitrogen and oxygen atoms in total. The largest absolute Gasteiger partial charge is 0.493 e. The van der Waals surface area contributed by atoms with E-state index in [1.165, 1.54) is 20.3 Å². The average Bonchev–Trinajstić information content (AvgIpc) is 3.60. The van der Waals surface area contributed by atoms with E-state index in [4.69, 9.17) is 14.2 Å². The number of aromatic nitrogens is 4. The van der Waals surface area contributed by atoms with E-state index in [0.29, 0.717) is 46.4 Å². The van der Waals surface area contributed by atoms with Crippen LogP contribution in [0.15, 0.2) is 78.9 Å². The third-order valence-electron chi connectivity index (χ3n) is 8.06. The standard InChI is InChI=1S/C34H33F3N6O4/c1-20-32(21(2)42(40-20)19-22-9-8-12-25(15-22)47-24-10-6-5-7-11-24)39-33(44)27-18-31-38-26(17-30(34(35,36)37)43(31)41-27)23-13-14-28(45-3)29(16-23)46-4/h5-16,18,26,30,38H,17,19H2,1-4H3,(H,39,44)/t26-,30+/m1/s1. The van der Waals surface area contributed by atoms with Gasteiger partial charge in [0.2, 0.25) is 0 Å². The SMILES string of the molecule is COc1ccc([C@H]2C[C@@H](C(F)(F)F)n3nc(C(=O)Nc4c(C)nn(Cc5cccc(Oc6ccccc6)c5)c4C)cc3N2)cc1OC. The average molecular weight is 647 g/mol. The third-order valence-corrected chi connectivity index (χ3v) is 8.06. The zero-order valence-corrected chi connectivity index (χ0v) is 26.1. The van der Waals surface area contributed by atoms with Crippen LogP contribution in [0.4, 0.5) is 24.7 Å². The normalized spacial score (nSPS) is 15.8. The lowest BCUT2D eigenvalue weighted by molar-refractivity contribution is -0.173. The molecule has 3 aromatic carbocycles. The number of ether oxygens (including phenoxy) is 3. The van der Waals surface area contributed by atoms with Crippen molar-refractivity contribution in [2.75, 3.05) is 24.9 Å². The molecule has 244 valence electrons. The van der Waals surface area contributed by atoms with Gasteiger partial charge >= 0.3 is 6.18 Å². The van der Waals surface area contributed by atoms with Gasteiger partial charge in [0.1, 0.15) is 17.3 Å². The summed E-state index contributed by atoms with van der Waals surface area (Å²) in [5.41, 5.74) is 3.03. The van der Waals surface area contributed by atoms with E-state index in [0.717, 1.165) is 16.0 Å². The van der Waals surface area contributed by atoms with Crippen molar-refractivity contribution in [3.05, 3.63) is 107 Å². The van der Waals surface area contributed by atoms with Gasteiger partial charge < -0.3 is 24.8 Å². The highest BCUT2D eigenvalue weighted by atomic mass is 19.4. The quantitative estimate of drug-likeness (QED) is 0.171. The Balaban J connectivity index is 1.21. The number of carbonyl (C=O) groups is 1. The van der Waals surface area contributed by atoms with Crippen LogP contribution in [0.2, 0.25) is 0 Å². The summed E-state index contributed by atoms with van der Waals surface area (Å²) < 4.78 is 62.0. The first-order valence-corrected chi connectivity index (χ1v) is 14.9. The number of anilines is 2. The molecule has 0 bridgehead atoms. The fourth-order valence-electron chi connectivity index (χ4n) is 5.69. The maximum absolute atomic E-state index is 14.3. The molecule has 5 aromatic rings. The first-order valence-electron chi connectivity index (χ1n) is 14.9. The number of fused-ring (bicyclic) bond motifs is 1. The number of alkyl halides is 3. The maximum Gasteiger partial charge on any atom is 0.410 e. The highest BCUT2D eigenvalue weighted by Crippen LogP contribution is 2.45. The Morgan fingerprint density at radius 1 is 0.936 bits per heavy atom. The van der Waals surface area contributed by atoms with Crippen molar-refractivity contribution >= 4 is 17.4 Å². The Labute approximate surface area is 269 Å². The highest BCUT2D eigenvalue weighted by molar-refractivity contribution is 6.04. The van der Waals surface area contributed by atoms with Crippen LogP contribution in [0.3, 0.4) is 0 Å². The minimum Gasteiger partial charge on any atom is -0.493 e. The van der Waals surface area contributed by atoms with Crippen LogP contribution >= 0.6 is 0 Å². The Bertz CT molecular complexity index is 1900. The van der Waals surface area contributed by atoms with Gasteiger partial charge in [0.05, 0.1) is 43.9 Å². The summed E-state index contributed by atoms with van der Waals surface area (Å²) in [6, 6.07) is 20.7.